The lowest BCUT2D eigenvalue weighted by Gasteiger charge is -1.98. The van der Waals surface area contributed by atoms with Crippen LogP contribution in [0, 0.1) is 5.92 Å². The van der Waals surface area contributed by atoms with E-state index in [0.717, 1.165) is 3.79 Å². The molecule has 13 heavy (non-hydrogen) atoms. The minimum atomic E-state index is 0.0874. The number of carbonyl (C=O) groups is 1. The van der Waals surface area contributed by atoms with Gasteiger partial charge >= 0.3 is 0 Å². The summed E-state index contributed by atoms with van der Waals surface area (Å²) in [7, 11) is 0. The summed E-state index contributed by atoms with van der Waals surface area (Å²) >= 11 is 4.73. The van der Waals surface area contributed by atoms with E-state index in [1.807, 2.05) is 0 Å². The summed E-state index contributed by atoms with van der Waals surface area (Å²) in [5, 5.41) is 3.45. The summed E-state index contributed by atoms with van der Waals surface area (Å²) in [6.45, 7) is 0. The Hall–Kier alpha value is -0.420. The average Bonchev–Trinajstić information content (AvgIpc) is 2.76. The van der Waals surface area contributed by atoms with Gasteiger partial charge in [0.05, 0.1) is 9.98 Å². The van der Waals surface area contributed by atoms with Crippen LogP contribution in [0.15, 0.2) is 9.98 Å². The maximum Gasteiger partial charge on any atom is 0.226 e. The lowest BCUT2D eigenvalue weighted by atomic mass is 10.3. The maximum atomic E-state index is 11.3. The van der Waals surface area contributed by atoms with Gasteiger partial charge in [-0.05, 0) is 34.7 Å². The van der Waals surface area contributed by atoms with Crippen LogP contribution in [0.1, 0.15) is 19.3 Å². The molecule has 0 radical (unpaired) electrons. The Morgan fingerprint density at radius 2 is 2.54 bits per heavy atom. The van der Waals surface area contributed by atoms with Gasteiger partial charge < -0.3 is 5.32 Å². The summed E-state index contributed by atoms with van der Waals surface area (Å²) in [4.78, 5) is 15.3. The summed E-state index contributed by atoms with van der Waals surface area (Å²) in [5.41, 5.74) is 0. The molecule has 2 rings (SSSR count). The van der Waals surface area contributed by atoms with Crippen molar-refractivity contribution in [2.24, 2.45) is 5.92 Å². The zero-order valence-corrected chi connectivity index (χ0v) is 9.32. The molecule has 0 bridgehead atoms. The molecule has 1 amide bonds. The fraction of sp³-hybridized carbons (Fsp3) is 0.500. The Labute approximate surface area is 88.7 Å². The second-order valence-electron chi connectivity index (χ2n) is 3.17. The van der Waals surface area contributed by atoms with Crippen molar-refractivity contribution in [3.8, 4) is 0 Å². The van der Waals surface area contributed by atoms with E-state index < -0.39 is 0 Å². The molecule has 70 valence electrons. The molecular weight excluding hydrogens is 252 g/mol. The van der Waals surface area contributed by atoms with Crippen molar-refractivity contribution < 1.29 is 4.79 Å². The third kappa shape index (κ3) is 2.77. The van der Waals surface area contributed by atoms with Crippen LogP contribution in [-0.4, -0.2) is 10.9 Å². The summed E-state index contributed by atoms with van der Waals surface area (Å²) in [5.74, 6) is 0.716. The highest BCUT2D eigenvalue weighted by molar-refractivity contribution is 9.11. The molecule has 0 spiro atoms. The Balaban J connectivity index is 1.85. The topological polar surface area (TPSA) is 42.0 Å². The van der Waals surface area contributed by atoms with Crippen molar-refractivity contribution in [1.29, 1.82) is 0 Å². The molecule has 1 heterocycles. The number of hydrogen-bond acceptors (Lipinski definition) is 3. The van der Waals surface area contributed by atoms with Crippen LogP contribution in [0.3, 0.4) is 0 Å². The van der Waals surface area contributed by atoms with E-state index in [0.29, 0.717) is 17.5 Å². The van der Waals surface area contributed by atoms with Gasteiger partial charge in [-0.3, -0.25) is 4.79 Å². The van der Waals surface area contributed by atoms with Crippen LogP contribution in [0.2, 0.25) is 0 Å². The molecule has 0 aliphatic heterocycles. The number of amides is 1. The third-order valence-corrected chi connectivity index (χ3v) is 3.29. The highest BCUT2D eigenvalue weighted by Gasteiger charge is 2.24. The fourth-order valence-corrected chi connectivity index (χ4v) is 2.19. The number of anilines is 1. The Kier molecular flexibility index (Phi) is 2.64. The second-order valence-corrected chi connectivity index (χ2v) is 5.58. The van der Waals surface area contributed by atoms with Gasteiger partial charge in [0.2, 0.25) is 5.91 Å². The van der Waals surface area contributed by atoms with Gasteiger partial charge in [0.15, 0.2) is 5.13 Å². The van der Waals surface area contributed by atoms with E-state index in [2.05, 4.69) is 26.2 Å². The SMILES string of the molecule is O=C(CC1CC1)Nc1ncc(Br)s1. The van der Waals surface area contributed by atoms with Crippen LogP contribution >= 0.6 is 27.3 Å². The van der Waals surface area contributed by atoms with Gasteiger partial charge in [0.1, 0.15) is 0 Å². The molecule has 1 aliphatic rings. The predicted molar refractivity (Wildman–Crippen MR) is 55.8 cm³/mol. The van der Waals surface area contributed by atoms with Gasteiger partial charge in [-0.2, -0.15) is 0 Å². The van der Waals surface area contributed by atoms with Crippen molar-refractivity contribution in [3.63, 3.8) is 0 Å². The van der Waals surface area contributed by atoms with E-state index in [4.69, 9.17) is 0 Å². The highest BCUT2D eigenvalue weighted by atomic mass is 79.9. The van der Waals surface area contributed by atoms with E-state index in [-0.39, 0.29) is 5.91 Å². The van der Waals surface area contributed by atoms with Crippen molar-refractivity contribution in [2.45, 2.75) is 19.3 Å². The van der Waals surface area contributed by atoms with Gasteiger partial charge in [0, 0.05) is 6.42 Å². The number of halogens is 1. The van der Waals surface area contributed by atoms with Crippen molar-refractivity contribution >= 4 is 38.3 Å². The first kappa shape index (κ1) is 9.15. The molecule has 3 nitrogen and oxygen atoms in total. The van der Waals surface area contributed by atoms with Crippen molar-refractivity contribution in [1.82, 2.24) is 4.98 Å². The Morgan fingerprint density at radius 1 is 1.77 bits per heavy atom. The third-order valence-electron chi connectivity index (χ3n) is 1.89. The van der Waals surface area contributed by atoms with Gasteiger partial charge in [0.25, 0.3) is 0 Å². The first-order valence-corrected chi connectivity index (χ1v) is 5.76. The molecule has 5 heteroatoms. The monoisotopic (exact) mass is 260 g/mol. The van der Waals surface area contributed by atoms with Crippen molar-refractivity contribution in [3.05, 3.63) is 9.98 Å². The van der Waals surface area contributed by atoms with Crippen LogP contribution in [0.5, 0.6) is 0 Å². The number of rotatable bonds is 3. The smallest absolute Gasteiger partial charge is 0.226 e. The lowest BCUT2D eigenvalue weighted by molar-refractivity contribution is -0.116. The molecule has 0 saturated heterocycles. The molecular formula is C8H9BrN2OS. The van der Waals surface area contributed by atoms with E-state index in [1.165, 1.54) is 24.2 Å². The molecule has 1 fully saturated rings. The molecule has 1 aromatic heterocycles. The van der Waals surface area contributed by atoms with E-state index >= 15 is 0 Å². The second kappa shape index (κ2) is 3.75. The normalized spacial score (nSPS) is 15.8. The zero-order chi connectivity index (χ0) is 9.26. The molecule has 1 aliphatic carbocycles. The van der Waals surface area contributed by atoms with Crippen LogP contribution in [-0.2, 0) is 4.79 Å². The summed E-state index contributed by atoms with van der Waals surface area (Å²) < 4.78 is 0.939. The molecule has 0 atom stereocenters. The number of nitrogens with zero attached hydrogens (tertiary/aromatic N) is 1. The number of hydrogen-bond donors (Lipinski definition) is 1. The first-order valence-electron chi connectivity index (χ1n) is 4.15. The standard InChI is InChI=1S/C8H9BrN2OS/c9-6-4-10-8(13-6)11-7(12)3-5-1-2-5/h4-5H,1-3H2,(H,10,11,12). The molecule has 1 N–H and O–H groups in total. The summed E-state index contributed by atoms with van der Waals surface area (Å²) in [6, 6.07) is 0. The number of carbonyl (C=O) groups excluding carboxylic acids is 1. The van der Waals surface area contributed by atoms with E-state index in [9.17, 15) is 4.79 Å². The summed E-state index contributed by atoms with van der Waals surface area (Å²) in [6.07, 6.45) is 4.75. The number of thiazole rings is 1. The van der Waals surface area contributed by atoms with Gasteiger partial charge in [-0.1, -0.05) is 11.3 Å². The van der Waals surface area contributed by atoms with Gasteiger partial charge in [-0.15, -0.1) is 0 Å². The van der Waals surface area contributed by atoms with Crippen LogP contribution in [0.4, 0.5) is 5.13 Å². The van der Waals surface area contributed by atoms with Crippen LogP contribution in [0.25, 0.3) is 0 Å². The zero-order valence-electron chi connectivity index (χ0n) is 6.92. The highest BCUT2D eigenvalue weighted by Crippen LogP contribution is 2.32. The minimum absolute atomic E-state index is 0.0874. The molecule has 1 aromatic rings. The van der Waals surface area contributed by atoms with Gasteiger partial charge in [-0.25, -0.2) is 4.98 Å². The first-order chi connectivity index (χ1) is 6.24. The largest absolute Gasteiger partial charge is 0.302 e. The fourth-order valence-electron chi connectivity index (χ4n) is 1.07. The number of aromatic nitrogens is 1. The molecule has 0 aromatic carbocycles. The quantitative estimate of drug-likeness (QED) is 0.908. The maximum absolute atomic E-state index is 11.3. The molecule has 1 saturated carbocycles. The number of nitrogens with one attached hydrogen (secondary N) is 1. The lowest BCUT2D eigenvalue weighted by Crippen LogP contribution is -2.11. The van der Waals surface area contributed by atoms with Crippen molar-refractivity contribution in [2.75, 3.05) is 5.32 Å². The molecule has 0 unspecified atom stereocenters. The van der Waals surface area contributed by atoms with E-state index in [1.54, 1.807) is 6.20 Å². The predicted octanol–water partition coefficient (Wildman–Crippen LogP) is 2.64. The Bertz CT molecular complexity index is 322. The Morgan fingerprint density at radius 3 is 3.08 bits per heavy atom. The minimum Gasteiger partial charge on any atom is -0.302 e. The average molecular weight is 261 g/mol. The van der Waals surface area contributed by atoms with Crippen LogP contribution < -0.4 is 5.32 Å².